The fourth-order valence-electron chi connectivity index (χ4n) is 2.58. The summed E-state index contributed by atoms with van der Waals surface area (Å²) >= 11 is 0. The molecule has 6 heteroatoms. The summed E-state index contributed by atoms with van der Waals surface area (Å²) in [6.45, 7) is 0.373. The highest BCUT2D eigenvalue weighted by Gasteiger charge is 2.10. The van der Waals surface area contributed by atoms with E-state index in [-0.39, 0.29) is 31.0 Å². The first-order valence-corrected chi connectivity index (χ1v) is 8.09. The molecule has 1 aromatic heterocycles. The van der Waals surface area contributed by atoms with Gasteiger partial charge in [0.25, 0.3) is 5.56 Å². The average molecular weight is 337 g/mol. The van der Waals surface area contributed by atoms with Crippen molar-refractivity contribution in [2.45, 2.75) is 19.1 Å². The zero-order chi connectivity index (χ0) is 17.6. The summed E-state index contributed by atoms with van der Waals surface area (Å²) in [4.78, 5) is 28.5. The van der Waals surface area contributed by atoms with Crippen LogP contribution < -0.4 is 10.9 Å². The molecule has 0 aliphatic carbocycles. The normalized spacial score (nSPS) is 12.0. The lowest BCUT2D eigenvalue weighted by Gasteiger charge is -2.12. The van der Waals surface area contributed by atoms with Crippen LogP contribution in [0.3, 0.4) is 0 Å². The second-order valence-corrected chi connectivity index (χ2v) is 5.74. The molecule has 1 heterocycles. The highest BCUT2D eigenvalue weighted by molar-refractivity contribution is 5.77. The van der Waals surface area contributed by atoms with Gasteiger partial charge in [-0.25, -0.2) is 4.98 Å². The molecule has 1 atom stereocenters. The van der Waals surface area contributed by atoms with Crippen molar-refractivity contribution >= 4 is 16.8 Å². The van der Waals surface area contributed by atoms with E-state index in [4.69, 9.17) is 0 Å². The number of fused-ring (bicyclic) bond motifs is 1. The van der Waals surface area contributed by atoms with Crippen molar-refractivity contribution in [3.05, 3.63) is 76.8 Å². The molecule has 3 aromatic rings. The summed E-state index contributed by atoms with van der Waals surface area (Å²) in [6.07, 6.45) is 0.841. The van der Waals surface area contributed by atoms with E-state index in [0.29, 0.717) is 10.9 Å². The highest BCUT2D eigenvalue weighted by Crippen LogP contribution is 2.10. The minimum Gasteiger partial charge on any atom is -0.387 e. The summed E-state index contributed by atoms with van der Waals surface area (Å²) in [5.41, 5.74) is 1.22. The van der Waals surface area contributed by atoms with Crippen molar-refractivity contribution in [1.29, 1.82) is 0 Å². The van der Waals surface area contributed by atoms with Gasteiger partial charge in [-0.05, 0) is 17.7 Å². The molecule has 2 aromatic carbocycles. The largest absolute Gasteiger partial charge is 0.387 e. The van der Waals surface area contributed by atoms with Crippen molar-refractivity contribution < 1.29 is 9.90 Å². The van der Waals surface area contributed by atoms with Crippen molar-refractivity contribution in [2.24, 2.45) is 0 Å². The van der Waals surface area contributed by atoms with Gasteiger partial charge in [0.05, 0.1) is 23.3 Å². The van der Waals surface area contributed by atoms with E-state index in [1.54, 1.807) is 30.3 Å². The number of aromatic nitrogens is 2. The Bertz CT molecular complexity index is 922. The molecule has 0 bridgehead atoms. The SMILES string of the molecule is O=C(CCn1cnc2ccccc2c1=O)NC[C@@H](O)c1ccccc1. The van der Waals surface area contributed by atoms with Gasteiger partial charge < -0.3 is 10.4 Å². The Morgan fingerprint density at radius 2 is 1.84 bits per heavy atom. The van der Waals surface area contributed by atoms with Gasteiger partial charge in [0, 0.05) is 19.5 Å². The Balaban J connectivity index is 1.56. The zero-order valence-electron chi connectivity index (χ0n) is 13.6. The Hall–Kier alpha value is -2.99. The minimum absolute atomic E-state index is 0.133. The molecule has 1 amide bonds. The Morgan fingerprint density at radius 1 is 1.12 bits per heavy atom. The van der Waals surface area contributed by atoms with Gasteiger partial charge >= 0.3 is 0 Å². The first-order chi connectivity index (χ1) is 12.1. The van der Waals surface area contributed by atoms with Gasteiger partial charge in [0.2, 0.25) is 5.91 Å². The van der Waals surface area contributed by atoms with Gasteiger partial charge in [-0.2, -0.15) is 0 Å². The van der Waals surface area contributed by atoms with Crippen LogP contribution in [0.1, 0.15) is 18.1 Å². The fraction of sp³-hybridized carbons (Fsp3) is 0.211. The van der Waals surface area contributed by atoms with Crippen LogP contribution in [0.4, 0.5) is 0 Å². The van der Waals surface area contributed by atoms with E-state index in [2.05, 4.69) is 10.3 Å². The Morgan fingerprint density at radius 3 is 2.64 bits per heavy atom. The summed E-state index contributed by atoms with van der Waals surface area (Å²) < 4.78 is 1.43. The average Bonchev–Trinajstić information content (AvgIpc) is 2.66. The van der Waals surface area contributed by atoms with Crippen molar-refractivity contribution in [2.75, 3.05) is 6.54 Å². The fourth-order valence-corrected chi connectivity index (χ4v) is 2.58. The number of hydrogen-bond acceptors (Lipinski definition) is 4. The maximum Gasteiger partial charge on any atom is 0.261 e. The first-order valence-electron chi connectivity index (χ1n) is 8.09. The van der Waals surface area contributed by atoms with Crippen molar-refractivity contribution in [3.8, 4) is 0 Å². The van der Waals surface area contributed by atoms with E-state index < -0.39 is 6.10 Å². The van der Waals surface area contributed by atoms with Crippen LogP contribution >= 0.6 is 0 Å². The van der Waals surface area contributed by atoms with Gasteiger partial charge in [0.1, 0.15) is 0 Å². The lowest BCUT2D eigenvalue weighted by molar-refractivity contribution is -0.121. The molecule has 0 fully saturated rings. The number of carbonyl (C=O) groups excluding carboxylic acids is 1. The summed E-state index contributed by atoms with van der Waals surface area (Å²) in [7, 11) is 0. The van der Waals surface area contributed by atoms with Crippen LogP contribution in [-0.2, 0) is 11.3 Å². The van der Waals surface area contributed by atoms with E-state index in [1.165, 1.54) is 10.9 Å². The number of aliphatic hydroxyl groups is 1. The van der Waals surface area contributed by atoms with Crippen LogP contribution in [-0.4, -0.2) is 27.1 Å². The molecular formula is C19H19N3O3. The van der Waals surface area contributed by atoms with Gasteiger partial charge in [-0.15, -0.1) is 0 Å². The van der Waals surface area contributed by atoms with E-state index >= 15 is 0 Å². The van der Waals surface area contributed by atoms with Crippen LogP contribution in [0.25, 0.3) is 10.9 Å². The topological polar surface area (TPSA) is 84.2 Å². The van der Waals surface area contributed by atoms with Crippen molar-refractivity contribution in [1.82, 2.24) is 14.9 Å². The molecular weight excluding hydrogens is 318 g/mol. The third-order valence-electron chi connectivity index (χ3n) is 3.99. The predicted octanol–water partition coefficient (Wildman–Crippen LogP) is 1.64. The van der Waals surface area contributed by atoms with E-state index in [1.807, 2.05) is 24.3 Å². The van der Waals surface area contributed by atoms with Crippen LogP contribution in [0.15, 0.2) is 65.7 Å². The predicted molar refractivity (Wildman–Crippen MR) is 95.0 cm³/mol. The maximum absolute atomic E-state index is 12.3. The molecule has 0 unspecified atom stereocenters. The molecule has 25 heavy (non-hydrogen) atoms. The van der Waals surface area contributed by atoms with Gasteiger partial charge in [0.15, 0.2) is 0 Å². The zero-order valence-corrected chi connectivity index (χ0v) is 13.6. The van der Waals surface area contributed by atoms with E-state index in [0.717, 1.165) is 5.56 Å². The van der Waals surface area contributed by atoms with Crippen LogP contribution in [0, 0.1) is 0 Å². The number of hydrogen-bond donors (Lipinski definition) is 2. The third-order valence-corrected chi connectivity index (χ3v) is 3.99. The third kappa shape index (κ3) is 4.10. The number of para-hydroxylation sites is 1. The molecule has 0 aliphatic heterocycles. The smallest absolute Gasteiger partial charge is 0.261 e. The quantitative estimate of drug-likeness (QED) is 0.716. The van der Waals surface area contributed by atoms with E-state index in [9.17, 15) is 14.7 Å². The Kier molecular flexibility index (Phi) is 5.20. The van der Waals surface area contributed by atoms with Crippen molar-refractivity contribution in [3.63, 3.8) is 0 Å². The molecule has 128 valence electrons. The van der Waals surface area contributed by atoms with Gasteiger partial charge in [-0.1, -0.05) is 42.5 Å². The first kappa shape index (κ1) is 16.9. The number of benzene rings is 2. The van der Waals surface area contributed by atoms with Crippen LogP contribution in [0.5, 0.6) is 0 Å². The molecule has 6 nitrogen and oxygen atoms in total. The highest BCUT2D eigenvalue weighted by atomic mass is 16.3. The molecule has 0 radical (unpaired) electrons. The number of nitrogens with zero attached hydrogens (tertiary/aromatic N) is 2. The summed E-state index contributed by atoms with van der Waals surface area (Å²) in [6, 6.07) is 16.2. The summed E-state index contributed by atoms with van der Waals surface area (Å²) in [5, 5.41) is 13.3. The number of amides is 1. The molecule has 0 saturated carbocycles. The second kappa shape index (κ2) is 7.72. The van der Waals surface area contributed by atoms with Gasteiger partial charge in [-0.3, -0.25) is 14.2 Å². The molecule has 2 N–H and O–H groups in total. The Labute approximate surface area is 144 Å². The van der Waals surface area contributed by atoms with Crippen LogP contribution in [0.2, 0.25) is 0 Å². The lowest BCUT2D eigenvalue weighted by Crippen LogP contribution is -2.30. The summed E-state index contributed by atoms with van der Waals surface area (Å²) in [5.74, 6) is -0.227. The monoisotopic (exact) mass is 337 g/mol. The number of rotatable bonds is 6. The molecule has 0 aliphatic rings. The molecule has 3 rings (SSSR count). The standard InChI is InChI=1S/C19H19N3O3/c23-17(14-6-2-1-3-7-14)12-20-18(24)10-11-22-13-21-16-9-5-4-8-15(16)19(22)25/h1-9,13,17,23H,10-12H2,(H,20,24)/t17-/m1/s1. The number of carbonyl (C=O) groups is 1. The second-order valence-electron chi connectivity index (χ2n) is 5.74. The number of aryl methyl sites for hydroxylation is 1. The lowest BCUT2D eigenvalue weighted by atomic mass is 10.1. The molecule has 0 spiro atoms. The maximum atomic E-state index is 12.3. The minimum atomic E-state index is -0.754. The molecule has 0 saturated heterocycles. The number of aliphatic hydroxyl groups excluding tert-OH is 1. The number of nitrogens with one attached hydrogen (secondary N) is 1.